The molecule has 8 heteroatoms. The Morgan fingerprint density at radius 3 is 1.34 bits per heavy atom. The Morgan fingerprint density at radius 2 is 0.897 bits per heavy atom. The molecule has 0 bridgehead atoms. The summed E-state index contributed by atoms with van der Waals surface area (Å²) in [7, 11) is -7.76. The van der Waals surface area contributed by atoms with Crippen LogP contribution >= 0.6 is 0 Å². The van der Waals surface area contributed by atoms with Crippen molar-refractivity contribution in [2.75, 3.05) is 9.44 Å². The maximum atomic E-state index is 12.8. The van der Waals surface area contributed by atoms with Gasteiger partial charge < -0.3 is 0 Å². The Morgan fingerprint density at radius 1 is 0.517 bits per heavy atom. The van der Waals surface area contributed by atoms with Crippen molar-refractivity contribution in [1.82, 2.24) is 0 Å². The van der Waals surface area contributed by atoms with Gasteiger partial charge in [0.15, 0.2) is 0 Å². The number of anilines is 2. The van der Waals surface area contributed by atoms with E-state index in [0.717, 1.165) is 16.7 Å². The van der Waals surface area contributed by atoms with Crippen LogP contribution in [0.4, 0.5) is 11.4 Å². The summed E-state index contributed by atoms with van der Waals surface area (Å²) in [5.74, 6) is 0. The average Bonchev–Trinajstić information content (AvgIpc) is 2.64. The topological polar surface area (TPSA) is 92.3 Å². The molecule has 0 radical (unpaired) electrons. The fourth-order valence-electron chi connectivity index (χ4n) is 2.67. The molecule has 6 nitrogen and oxygen atoms in total. The zero-order valence-corrected chi connectivity index (χ0v) is 17.9. The highest BCUT2D eigenvalue weighted by Gasteiger charge is 2.20. The third kappa shape index (κ3) is 4.96. The predicted molar refractivity (Wildman–Crippen MR) is 115 cm³/mol. The quantitative estimate of drug-likeness (QED) is 0.613. The molecule has 0 aromatic heterocycles. The molecule has 0 aliphatic rings. The summed E-state index contributed by atoms with van der Waals surface area (Å²) in [6.45, 7) is 5.52. The van der Waals surface area contributed by atoms with Crippen LogP contribution in [0.25, 0.3) is 0 Å². The van der Waals surface area contributed by atoms with Crippen LogP contribution in [0.2, 0.25) is 0 Å². The van der Waals surface area contributed by atoms with Gasteiger partial charge in [0.25, 0.3) is 20.0 Å². The van der Waals surface area contributed by atoms with Crippen LogP contribution in [0.1, 0.15) is 16.7 Å². The molecule has 3 aromatic carbocycles. The van der Waals surface area contributed by atoms with Crippen molar-refractivity contribution in [3.8, 4) is 0 Å². The molecule has 29 heavy (non-hydrogen) atoms. The standard InChI is InChI=1S/C21H22N2O4S2/c1-15-4-9-18(10-5-15)28(24,25)22-20-13-8-17(3)14-21(20)23-29(26,27)19-11-6-16(2)7-12-19/h4-14,22-23H,1-3H3. The van der Waals surface area contributed by atoms with Crippen LogP contribution < -0.4 is 9.44 Å². The van der Waals surface area contributed by atoms with Crippen LogP contribution in [0.15, 0.2) is 76.5 Å². The first-order chi connectivity index (χ1) is 13.6. The molecule has 3 aromatic rings. The van der Waals surface area contributed by atoms with Gasteiger partial charge in [-0.1, -0.05) is 41.5 Å². The lowest BCUT2D eigenvalue weighted by Crippen LogP contribution is -2.17. The third-order valence-electron chi connectivity index (χ3n) is 4.33. The van der Waals surface area contributed by atoms with Crippen LogP contribution in [-0.2, 0) is 20.0 Å². The first-order valence-corrected chi connectivity index (χ1v) is 11.8. The highest BCUT2D eigenvalue weighted by atomic mass is 32.2. The van der Waals surface area contributed by atoms with E-state index in [1.807, 2.05) is 13.8 Å². The molecular weight excluding hydrogens is 408 g/mol. The Labute approximate surface area is 171 Å². The summed E-state index contributed by atoms with van der Waals surface area (Å²) in [5.41, 5.74) is 2.95. The molecule has 0 saturated heterocycles. The summed E-state index contributed by atoms with van der Waals surface area (Å²) >= 11 is 0. The Hall–Kier alpha value is -2.84. The lowest BCUT2D eigenvalue weighted by atomic mass is 10.2. The van der Waals surface area contributed by atoms with Gasteiger partial charge in [0.05, 0.1) is 21.2 Å². The normalized spacial score (nSPS) is 11.8. The smallest absolute Gasteiger partial charge is 0.261 e. The van der Waals surface area contributed by atoms with E-state index in [4.69, 9.17) is 0 Å². The Kier molecular flexibility index (Phi) is 5.68. The zero-order chi connectivity index (χ0) is 21.2. The third-order valence-corrected chi connectivity index (χ3v) is 7.09. The second-order valence-corrected chi connectivity index (χ2v) is 10.3. The maximum absolute atomic E-state index is 12.8. The SMILES string of the molecule is Cc1ccc(S(=O)(=O)Nc2ccc(C)cc2NS(=O)(=O)c2ccc(C)cc2)cc1. The van der Waals surface area contributed by atoms with Crippen LogP contribution in [0.5, 0.6) is 0 Å². The van der Waals surface area contributed by atoms with Gasteiger partial charge >= 0.3 is 0 Å². The van der Waals surface area contributed by atoms with Crippen molar-refractivity contribution in [3.05, 3.63) is 83.4 Å². The summed E-state index contributed by atoms with van der Waals surface area (Å²) in [6.07, 6.45) is 0. The van der Waals surface area contributed by atoms with E-state index >= 15 is 0 Å². The number of aryl methyl sites for hydroxylation is 3. The second-order valence-electron chi connectivity index (χ2n) is 6.89. The maximum Gasteiger partial charge on any atom is 0.261 e. The van der Waals surface area contributed by atoms with E-state index in [1.54, 1.807) is 43.3 Å². The number of sulfonamides is 2. The first-order valence-electron chi connectivity index (χ1n) is 8.86. The molecule has 3 rings (SSSR count). The van der Waals surface area contributed by atoms with E-state index in [2.05, 4.69) is 9.44 Å². The number of hydrogen-bond acceptors (Lipinski definition) is 4. The lowest BCUT2D eigenvalue weighted by Gasteiger charge is -2.15. The molecule has 0 aliphatic carbocycles. The van der Waals surface area contributed by atoms with E-state index in [-0.39, 0.29) is 21.2 Å². The molecule has 0 spiro atoms. The molecule has 0 atom stereocenters. The van der Waals surface area contributed by atoms with Crippen molar-refractivity contribution in [2.24, 2.45) is 0 Å². The fourth-order valence-corrected chi connectivity index (χ4v) is 4.82. The molecule has 0 aliphatic heterocycles. The summed E-state index contributed by atoms with van der Waals surface area (Å²) in [6, 6.07) is 17.6. The summed E-state index contributed by atoms with van der Waals surface area (Å²) in [4.78, 5) is 0.188. The summed E-state index contributed by atoms with van der Waals surface area (Å²) < 4.78 is 56.0. The number of nitrogens with one attached hydrogen (secondary N) is 2. The van der Waals surface area contributed by atoms with E-state index in [1.165, 1.54) is 30.3 Å². The van der Waals surface area contributed by atoms with Crippen LogP contribution in [-0.4, -0.2) is 16.8 Å². The Bertz CT molecular complexity index is 1230. The monoisotopic (exact) mass is 430 g/mol. The van der Waals surface area contributed by atoms with Crippen LogP contribution in [0.3, 0.4) is 0 Å². The Balaban J connectivity index is 1.96. The second kappa shape index (κ2) is 7.88. The van der Waals surface area contributed by atoms with Gasteiger partial charge in [-0.15, -0.1) is 0 Å². The van der Waals surface area contributed by atoms with Crippen molar-refractivity contribution in [3.63, 3.8) is 0 Å². The molecular formula is C21H22N2O4S2. The van der Waals surface area contributed by atoms with Gasteiger partial charge in [-0.2, -0.15) is 0 Å². The first kappa shape index (κ1) is 20.9. The number of hydrogen-bond donors (Lipinski definition) is 2. The fraction of sp³-hybridized carbons (Fsp3) is 0.143. The van der Waals surface area contributed by atoms with E-state index in [0.29, 0.717) is 0 Å². The molecule has 2 N–H and O–H groups in total. The number of benzene rings is 3. The minimum atomic E-state index is -3.88. The van der Waals surface area contributed by atoms with Crippen molar-refractivity contribution in [1.29, 1.82) is 0 Å². The molecule has 0 heterocycles. The van der Waals surface area contributed by atoms with Crippen molar-refractivity contribution >= 4 is 31.4 Å². The molecule has 0 saturated carbocycles. The van der Waals surface area contributed by atoms with Gasteiger partial charge in [0.1, 0.15) is 0 Å². The molecule has 152 valence electrons. The van der Waals surface area contributed by atoms with Gasteiger partial charge in [-0.3, -0.25) is 9.44 Å². The molecule has 0 amide bonds. The minimum absolute atomic E-state index is 0.0935. The zero-order valence-electron chi connectivity index (χ0n) is 16.3. The minimum Gasteiger partial charge on any atom is -0.277 e. The van der Waals surface area contributed by atoms with Crippen molar-refractivity contribution in [2.45, 2.75) is 30.6 Å². The molecule has 0 unspecified atom stereocenters. The van der Waals surface area contributed by atoms with Gasteiger partial charge in [-0.25, -0.2) is 16.8 Å². The predicted octanol–water partition coefficient (Wildman–Crippen LogP) is 4.21. The molecule has 0 fully saturated rings. The highest BCUT2D eigenvalue weighted by Crippen LogP contribution is 2.28. The lowest BCUT2D eigenvalue weighted by molar-refractivity contribution is 0.599. The van der Waals surface area contributed by atoms with Gasteiger partial charge in [-0.05, 0) is 62.7 Å². The highest BCUT2D eigenvalue weighted by molar-refractivity contribution is 7.93. The van der Waals surface area contributed by atoms with Gasteiger partial charge in [0.2, 0.25) is 0 Å². The average molecular weight is 431 g/mol. The van der Waals surface area contributed by atoms with Gasteiger partial charge in [0, 0.05) is 0 Å². The summed E-state index contributed by atoms with van der Waals surface area (Å²) in [5, 5.41) is 0. The number of rotatable bonds is 6. The van der Waals surface area contributed by atoms with Crippen molar-refractivity contribution < 1.29 is 16.8 Å². The van der Waals surface area contributed by atoms with E-state index < -0.39 is 20.0 Å². The van der Waals surface area contributed by atoms with Crippen LogP contribution in [0, 0.1) is 20.8 Å². The van der Waals surface area contributed by atoms with E-state index in [9.17, 15) is 16.8 Å². The largest absolute Gasteiger partial charge is 0.277 e.